The number of imidazole rings is 2. The number of carbonyl (C=O) groups is 1. The van der Waals surface area contributed by atoms with Crippen LogP contribution in [0.2, 0.25) is 0 Å². The summed E-state index contributed by atoms with van der Waals surface area (Å²) >= 11 is 3.54. The van der Waals surface area contributed by atoms with E-state index in [-0.39, 0.29) is 17.6 Å². The smallest absolute Gasteiger partial charge is 0.329 e. The van der Waals surface area contributed by atoms with E-state index in [1.165, 1.54) is 0 Å². The average molecular weight is 539 g/mol. The molecule has 1 amide bonds. The second kappa shape index (κ2) is 9.23. The second-order valence-corrected chi connectivity index (χ2v) is 10.2. The summed E-state index contributed by atoms with van der Waals surface area (Å²) < 4.78 is 12.2. The van der Waals surface area contributed by atoms with Crippen molar-refractivity contribution in [2.24, 2.45) is 0 Å². The standard InChI is InChI=1S/C25H27BrN6O3/c26-17-3-6-20-19(14-17)28-23(30(20)9-1-2-24(33)29-10-12-35-13-11-29)16-31-22-15-27-8-7-21(22)32(25(31)34)18-4-5-18/h3,6-8,14-15,18H,1-2,4-5,9-13,16H2. The SMILES string of the molecule is O=C(CCCn1c(Cn2c(=O)n(C3CC3)c3ccncc32)nc2cc(Br)ccc21)N1CCOCC1. The van der Waals surface area contributed by atoms with Crippen molar-refractivity contribution in [3.05, 3.63) is 57.4 Å². The number of aromatic nitrogens is 5. The lowest BCUT2D eigenvalue weighted by Gasteiger charge is -2.26. The lowest BCUT2D eigenvalue weighted by atomic mass is 10.2. The molecule has 10 heteroatoms. The summed E-state index contributed by atoms with van der Waals surface area (Å²) in [7, 11) is 0. The topological polar surface area (TPSA) is 87.2 Å². The van der Waals surface area contributed by atoms with Crippen molar-refractivity contribution in [1.29, 1.82) is 0 Å². The lowest BCUT2D eigenvalue weighted by Crippen LogP contribution is -2.40. The van der Waals surface area contributed by atoms with Crippen LogP contribution in [0.25, 0.3) is 22.1 Å². The molecule has 1 aliphatic heterocycles. The zero-order valence-electron chi connectivity index (χ0n) is 19.4. The predicted octanol–water partition coefficient (Wildman–Crippen LogP) is 3.33. The zero-order valence-corrected chi connectivity index (χ0v) is 21.0. The maximum Gasteiger partial charge on any atom is 0.329 e. The Hall–Kier alpha value is -2.98. The van der Waals surface area contributed by atoms with Gasteiger partial charge in [0.2, 0.25) is 5.91 Å². The lowest BCUT2D eigenvalue weighted by molar-refractivity contribution is -0.135. The highest BCUT2D eigenvalue weighted by Crippen LogP contribution is 2.36. The van der Waals surface area contributed by atoms with Crippen LogP contribution in [0.15, 0.2) is 45.9 Å². The molecule has 1 saturated heterocycles. The summed E-state index contributed by atoms with van der Waals surface area (Å²) in [6.45, 7) is 3.54. The third-order valence-electron chi connectivity index (χ3n) is 6.90. The minimum atomic E-state index is -0.0159. The Morgan fingerprint density at radius 3 is 2.71 bits per heavy atom. The number of amides is 1. The molecule has 6 rings (SSSR count). The van der Waals surface area contributed by atoms with Crippen LogP contribution in [0.5, 0.6) is 0 Å². The largest absolute Gasteiger partial charge is 0.378 e. The van der Waals surface area contributed by atoms with Crippen LogP contribution in [-0.2, 0) is 22.6 Å². The van der Waals surface area contributed by atoms with Gasteiger partial charge in [-0.1, -0.05) is 15.9 Å². The molecule has 0 unspecified atom stereocenters. The van der Waals surface area contributed by atoms with Crippen molar-refractivity contribution in [1.82, 2.24) is 28.6 Å². The van der Waals surface area contributed by atoms with Crippen LogP contribution in [0.3, 0.4) is 0 Å². The summed E-state index contributed by atoms with van der Waals surface area (Å²) in [6.07, 6.45) is 6.74. The summed E-state index contributed by atoms with van der Waals surface area (Å²) in [5.41, 5.74) is 3.60. The molecular weight excluding hydrogens is 512 g/mol. The Morgan fingerprint density at radius 2 is 1.91 bits per heavy atom. The molecule has 2 aliphatic rings. The van der Waals surface area contributed by atoms with Crippen molar-refractivity contribution >= 4 is 43.9 Å². The van der Waals surface area contributed by atoms with Gasteiger partial charge in [-0.2, -0.15) is 0 Å². The van der Waals surface area contributed by atoms with Gasteiger partial charge in [0, 0.05) is 42.8 Å². The van der Waals surface area contributed by atoms with E-state index < -0.39 is 0 Å². The fourth-order valence-electron chi connectivity index (χ4n) is 4.99. The molecule has 0 bridgehead atoms. The number of carbonyl (C=O) groups excluding carboxylic acids is 1. The predicted molar refractivity (Wildman–Crippen MR) is 135 cm³/mol. The zero-order chi connectivity index (χ0) is 23.9. The first kappa shape index (κ1) is 22.5. The van der Waals surface area contributed by atoms with Gasteiger partial charge in [-0.3, -0.25) is 18.9 Å². The normalized spacial score (nSPS) is 16.4. The summed E-state index contributed by atoms with van der Waals surface area (Å²) in [6, 6.07) is 8.22. The molecule has 3 aromatic heterocycles. The second-order valence-electron chi connectivity index (χ2n) is 9.24. The Labute approximate surface area is 210 Å². The van der Waals surface area contributed by atoms with Gasteiger partial charge in [0.25, 0.3) is 0 Å². The molecule has 4 heterocycles. The van der Waals surface area contributed by atoms with Crippen molar-refractivity contribution < 1.29 is 9.53 Å². The fourth-order valence-corrected chi connectivity index (χ4v) is 5.34. The van der Waals surface area contributed by atoms with Crippen molar-refractivity contribution in [2.75, 3.05) is 26.3 Å². The van der Waals surface area contributed by atoms with Gasteiger partial charge in [-0.05, 0) is 43.5 Å². The third kappa shape index (κ3) is 4.29. The molecular formula is C25H27BrN6O3. The van der Waals surface area contributed by atoms with Crippen LogP contribution >= 0.6 is 15.9 Å². The first-order valence-corrected chi connectivity index (χ1v) is 12.9. The number of halogens is 1. The quantitative estimate of drug-likeness (QED) is 0.360. The maximum atomic E-state index is 13.4. The van der Waals surface area contributed by atoms with E-state index in [0.29, 0.717) is 52.2 Å². The summed E-state index contributed by atoms with van der Waals surface area (Å²) in [5, 5.41) is 0. The molecule has 1 aliphatic carbocycles. The van der Waals surface area contributed by atoms with Crippen molar-refractivity contribution in [3.8, 4) is 0 Å². The van der Waals surface area contributed by atoms with Gasteiger partial charge in [-0.15, -0.1) is 0 Å². The van der Waals surface area contributed by atoms with Crippen LogP contribution in [0.4, 0.5) is 0 Å². The van der Waals surface area contributed by atoms with Gasteiger partial charge < -0.3 is 14.2 Å². The van der Waals surface area contributed by atoms with Crippen LogP contribution in [-0.4, -0.2) is 60.8 Å². The van der Waals surface area contributed by atoms with E-state index in [9.17, 15) is 9.59 Å². The Kier molecular flexibility index (Phi) is 5.93. The third-order valence-corrected chi connectivity index (χ3v) is 7.40. The van der Waals surface area contributed by atoms with Crippen LogP contribution in [0.1, 0.15) is 37.5 Å². The number of aryl methyl sites for hydroxylation is 1. The van der Waals surface area contributed by atoms with Crippen LogP contribution in [0, 0.1) is 0 Å². The van der Waals surface area contributed by atoms with Gasteiger partial charge in [0.15, 0.2) is 0 Å². The molecule has 1 saturated carbocycles. The molecule has 0 spiro atoms. The average Bonchev–Trinajstić information content (AvgIpc) is 3.60. The Balaban J connectivity index is 1.32. The van der Waals surface area contributed by atoms with Gasteiger partial charge >= 0.3 is 5.69 Å². The van der Waals surface area contributed by atoms with Gasteiger partial charge in [0.1, 0.15) is 5.82 Å². The summed E-state index contributed by atoms with van der Waals surface area (Å²) in [4.78, 5) is 37.2. The molecule has 182 valence electrons. The minimum absolute atomic E-state index is 0.0159. The Bertz CT molecular complexity index is 1460. The number of ether oxygens (including phenoxy) is 1. The first-order valence-electron chi connectivity index (χ1n) is 12.1. The molecule has 35 heavy (non-hydrogen) atoms. The van der Waals surface area contributed by atoms with Crippen LogP contribution < -0.4 is 5.69 Å². The summed E-state index contributed by atoms with van der Waals surface area (Å²) in [5.74, 6) is 0.967. The van der Waals surface area contributed by atoms with Crippen molar-refractivity contribution in [2.45, 2.75) is 44.8 Å². The van der Waals surface area contributed by atoms with E-state index in [1.54, 1.807) is 17.0 Å². The highest BCUT2D eigenvalue weighted by Gasteiger charge is 2.29. The maximum absolute atomic E-state index is 13.4. The molecule has 2 fully saturated rings. The molecule has 1 aromatic carbocycles. The highest BCUT2D eigenvalue weighted by atomic mass is 79.9. The number of fused-ring (bicyclic) bond motifs is 2. The van der Waals surface area contributed by atoms with Gasteiger partial charge in [-0.25, -0.2) is 9.78 Å². The molecule has 9 nitrogen and oxygen atoms in total. The number of nitrogens with zero attached hydrogens (tertiary/aromatic N) is 6. The van der Waals surface area contributed by atoms with Crippen molar-refractivity contribution in [3.63, 3.8) is 0 Å². The highest BCUT2D eigenvalue weighted by molar-refractivity contribution is 9.10. The Morgan fingerprint density at radius 1 is 1.09 bits per heavy atom. The number of morpholine rings is 1. The minimum Gasteiger partial charge on any atom is -0.378 e. The molecule has 4 aromatic rings. The van der Waals surface area contributed by atoms with E-state index in [4.69, 9.17) is 9.72 Å². The van der Waals surface area contributed by atoms with E-state index in [1.807, 2.05) is 33.7 Å². The first-order chi connectivity index (χ1) is 17.1. The van der Waals surface area contributed by atoms with E-state index in [0.717, 1.165) is 45.2 Å². The fraction of sp³-hybridized carbons (Fsp3) is 0.440. The molecule has 0 radical (unpaired) electrons. The van der Waals surface area contributed by atoms with E-state index >= 15 is 0 Å². The van der Waals surface area contributed by atoms with E-state index in [2.05, 4.69) is 25.5 Å². The number of rotatable bonds is 7. The number of pyridine rings is 1. The molecule has 0 atom stereocenters. The van der Waals surface area contributed by atoms with Gasteiger partial charge in [0.05, 0.1) is 48.0 Å². The number of hydrogen-bond donors (Lipinski definition) is 0. The molecule has 0 N–H and O–H groups in total. The number of benzene rings is 1. The monoisotopic (exact) mass is 538 g/mol. The number of hydrogen-bond acceptors (Lipinski definition) is 5.